The van der Waals surface area contributed by atoms with Crippen molar-refractivity contribution in [1.82, 2.24) is 19.7 Å². The van der Waals surface area contributed by atoms with Crippen molar-refractivity contribution in [1.29, 1.82) is 5.26 Å². The molecule has 0 amide bonds. The molecule has 0 fully saturated rings. The first-order valence-electron chi connectivity index (χ1n) is 7.31. The quantitative estimate of drug-likeness (QED) is 0.891. The van der Waals surface area contributed by atoms with E-state index in [4.69, 9.17) is 5.26 Å². The van der Waals surface area contributed by atoms with Crippen molar-refractivity contribution < 1.29 is 13.2 Å². The van der Waals surface area contributed by atoms with Crippen LogP contribution < -0.4 is 10.6 Å². The molecule has 0 radical (unpaired) electrons. The Balaban J connectivity index is 1.87. The van der Waals surface area contributed by atoms with Gasteiger partial charge in [0.2, 0.25) is 5.95 Å². The van der Waals surface area contributed by atoms with Gasteiger partial charge in [-0.3, -0.25) is 4.68 Å². The fourth-order valence-corrected chi connectivity index (χ4v) is 2.55. The molecule has 2 aromatic rings. The lowest BCUT2D eigenvalue weighted by molar-refractivity contribution is -0.137. The van der Waals surface area contributed by atoms with Gasteiger partial charge in [0.15, 0.2) is 0 Å². The van der Waals surface area contributed by atoms with Crippen molar-refractivity contribution in [2.24, 2.45) is 5.92 Å². The van der Waals surface area contributed by atoms with Crippen LogP contribution in [0.1, 0.15) is 18.2 Å². The Labute approximate surface area is 135 Å². The van der Waals surface area contributed by atoms with E-state index in [9.17, 15) is 13.2 Å². The van der Waals surface area contributed by atoms with Crippen molar-refractivity contribution in [3.05, 3.63) is 23.7 Å². The first-order chi connectivity index (χ1) is 11.4. The second kappa shape index (κ2) is 5.99. The topological polar surface area (TPSA) is 91.5 Å². The van der Waals surface area contributed by atoms with E-state index in [1.165, 1.54) is 0 Å². The third-order valence-electron chi connectivity index (χ3n) is 3.65. The highest BCUT2D eigenvalue weighted by Crippen LogP contribution is 2.34. The minimum atomic E-state index is -4.53. The van der Waals surface area contributed by atoms with Crippen molar-refractivity contribution in [2.45, 2.75) is 26.1 Å². The van der Waals surface area contributed by atoms with E-state index in [-0.39, 0.29) is 17.7 Å². The Morgan fingerprint density at radius 2 is 2.21 bits per heavy atom. The van der Waals surface area contributed by atoms with E-state index < -0.39 is 11.7 Å². The maximum Gasteiger partial charge on any atom is 0.421 e. The van der Waals surface area contributed by atoms with Gasteiger partial charge in [0, 0.05) is 19.2 Å². The molecule has 1 aliphatic rings. The zero-order chi connectivity index (χ0) is 17.3. The van der Waals surface area contributed by atoms with Crippen LogP contribution in [0.5, 0.6) is 0 Å². The zero-order valence-corrected chi connectivity index (χ0v) is 12.7. The van der Waals surface area contributed by atoms with Crippen LogP contribution in [0.25, 0.3) is 0 Å². The van der Waals surface area contributed by atoms with Gasteiger partial charge >= 0.3 is 6.18 Å². The maximum absolute atomic E-state index is 13.0. The average Bonchev–Trinajstić information content (AvgIpc) is 3.08. The summed E-state index contributed by atoms with van der Waals surface area (Å²) >= 11 is 0. The number of alkyl halides is 3. The predicted octanol–water partition coefficient (Wildman–Crippen LogP) is 2.56. The van der Waals surface area contributed by atoms with Gasteiger partial charge in [0.1, 0.15) is 11.4 Å². The summed E-state index contributed by atoms with van der Waals surface area (Å²) in [6.07, 6.45) is -1.71. The Bertz CT molecular complexity index is 791. The van der Waals surface area contributed by atoms with E-state index in [2.05, 4.69) is 31.8 Å². The van der Waals surface area contributed by atoms with Crippen molar-refractivity contribution >= 4 is 17.5 Å². The molecule has 0 bridgehead atoms. The zero-order valence-electron chi connectivity index (χ0n) is 12.7. The van der Waals surface area contributed by atoms with Crippen LogP contribution in [0.15, 0.2) is 12.4 Å². The molecule has 0 aliphatic carbocycles. The van der Waals surface area contributed by atoms with Crippen LogP contribution in [0.3, 0.4) is 0 Å². The summed E-state index contributed by atoms with van der Waals surface area (Å²) in [6, 6.07) is 2.18. The van der Waals surface area contributed by atoms with E-state index in [1.54, 1.807) is 17.8 Å². The molecule has 10 heteroatoms. The highest BCUT2D eigenvalue weighted by molar-refractivity contribution is 5.59. The molecular weight excluding hydrogens is 323 g/mol. The van der Waals surface area contributed by atoms with Crippen LogP contribution in [0.2, 0.25) is 0 Å². The van der Waals surface area contributed by atoms with Gasteiger partial charge in [0.05, 0.1) is 36.1 Å². The third kappa shape index (κ3) is 2.97. The second-order valence-electron chi connectivity index (χ2n) is 5.33. The van der Waals surface area contributed by atoms with Gasteiger partial charge < -0.3 is 10.6 Å². The summed E-state index contributed by atoms with van der Waals surface area (Å²) in [7, 11) is 0. The Morgan fingerprint density at radius 3 is 2.88 bits per heavy atom. The molecule has 0 unspecified atom stereocenters. The minimum absolute atomic E-state index is 0.0372. The summed E-state index contributed by atoms with van der Waals surface area (Å²) in [5.74, 6) is -0.392. The summed E-state index contributed by atoms with van der Waals surface area (Å²) in [6.45, 7) is 2.48. The molecule has 2 N–H and O–H groups in total. The molecule has 0 saturated carbocycles. The van der Waals surface area contributed by atoms with Crippen LogP contribution in [-0.4, -0.2) is 26.3 Å². The lowest BCUT2D eigenvalue weighted by Gasteiger charge is -2.13. The molecule has 1 aliphatic heterocycles. The molecule has 0 saturated heterocycles. The normalized spacial score (nSPS) is 16.5. The smallest absolute Gasteiger partial charge is 0.370 e. The molecule has 24 heavy (non-hydrogen) atoms. The third-order valence-corrected chi connectivity index (χ3v) is 3.65. The summed E-state index contributed by atoms with van der Waals surface area (Å²) in [5.41, 5.74) is 0.490. The lowest BCUT2D eigenvalue weighted by atomic mass is 10.1. The summed E-state index contributed by atoms with van der Waals surface area (Å²) in [5, 5.41) is 18.6. The Kier molecular flexibility index (Phi) is 4.01. The predicted molar refractivity (Wildman–Crippen MR) is 79.5 cm³/mol. The molecule has 3 rings (SSSR count). The number of anilines is 3. The number of nitrogens with zero attached hydrogens (tertiary/aromatic N) is 5. The largest absolute Gasteiger partial charge is 0.421 e. The van der Waals surface area contributed by atoms with Gasteiger partial charge in [-0.1, -0.05) is 0 Å². The SMILES string of the molecule is CCNc1nc(Nc2cnn3c2C[C@H](C#N)C3)ncc1C(F)(F)F. The number of aromatic nitrogens is 4. The fourth-order valence-electron chi connectivity index (χ4n) is 2.55. The van der Waals surface area contributed by atoms with Crippen molar-refractivity contribution in [3.8, 4) is 6.07 Å². The molecular formula is C14H14F3N7. The van der Waals surface area contributed by atoms with Crippen molar-refractivity contribution in [2.75, 3.05) is 17.2 Å². The first kappa shape index (κ1) is 16.0. The van der Waals surface area contributed by atoms with Gasteiger partial charge in [-0.2, -0.15) is 28.5 Å². The monoisotopic (exact) mass is 337 g/mol. The molecule has 3 heterocycles. The van der Waals surface area contributed by atoms with Crippen molar-refractivity contribution in [3.63, 3.8) is 0 Å². The van der Waals surface area contributed by atoms with E-state index in [0.29, 0.717) is 25.2 Å². The van der Waals surface area contributed by atoms with E-state index in [1.807, 2.05) is 0 Å². The highest BCUT2D eigenvalue weighted by atomic mass is 19.4. The highest BCUT2D eigenvalue weighted by Gasteiger charge is 2.35. The number of halogens is 3. The van der Waals surface area contributed by atoms with E-state index >= 15 is 0 Å². The Hall–Kier alpha value is -2.83. The molecule has 1 atom stereocenters. The molecule has 0 spiro atoms. The number of nitriles is 1. The number of hydrogen-bond donors (Lipinski definition) is 2. The van der Waals surface area contributed by atoms with Gasteiger partial charge in [-0.15, -0.1) is 0 Å². The average molecular weight is 337 g/mol. The Morgan fingerprint density at radius 1 is 1.42 bits per heavy atom. The minimum Gasteiger partial charge on any atom is -0.370 e. The molecule has 2 aromatic heterocycles. The molecule has 7 nitrogen and oxygen atoms in total. The van der Waals surface area contributed by atoms with E-state index in [0.717, 1.165) is 11.9 Å². The van der Waals surface area contributed by atoms with Crippen LogP contribution >= 0.6 is 0 Å². The number of hydrogen-bond acceptors (Lipinski definition) is 6. The molecule has 0 aromatic carbocycles. The van der Waals surface area contributed by atoms with Gasteiger partial charge in [-0.05, 0) is 6.92 Å². The fraction of sp³-hybridized carbons (Fsp3) is 0.429. The first-order valence-corrected chi connectivity index (χ1v) is 7.31. The van der Waals surface area contributed by atoms with Crippen LogP contribution in [0, 0.1) is 17.2 Å². The standard InChI is InChI=1S/C14H14F3N7/c1-2-19-12-9(14(15,16)17)5-20-13(23-12)22-10-6-21-24-7-8(4-18)3-11(10)24/h5-6,8H,2-3,7H2,1H3,(H2,19,20,22,23)/t8-/m1/s1. The van der Waals surface area contributed by atoms with Crippen LogP contribution in [0.4, 0.5) is 30.6 Å². The number of fused-ring (bicyclic) bond motifs is 1. The summed E-state index contributed by atoms with van der Waals surface area (Å²) < 4.78 is 40.6. The maximum atomic E-state index is 13.0. The number of rotatable bonds is 4. The number of nitrogens with one attached hydrogen (secondary N) is 2. The van der Waals surface area contributed by atoms with Gasteiger partial charge in [0.25, 0.3) is 0 Å². The second-order valence-corrected chi connectivity index (χ2v) is 5.33. The van der Waals surface area contributed by atoms with Gasteiger partial charge in [-0.25, -0.2) is 4.98 Å². The summed E-state index contributed by atoms with van der Waals surface area (Å²) in [4.78, 5) is 7.66. The van der Waals surface area contributed by atoms with Crippen LogP contribution in [-0.2, 0) is 19.1 Å². The lowest BCUT2D eigenvalue weighted by Crippen LogP contribution is -2.14. The molecule has 126 valence electrons.